The average molecular weight is 401 g/mol. The lowest BCUT2D eigenvalue weighted by atomic mass is 10.1. The molecule has 1 aliphatic carbocycles. The van der Waals surface area contributed by atoms with E-state index in [-0.39, 0.29) is 18.5 Å². The Morgan fingerprint density at radius 2 is 1.88 bits per heavy atom. The number of anilines is 1. The molecule has 26 heavy (non-hydrogen) atoms. The number of carbonyl (C=O) groups excluding carboxylic acids is 1. The molecule has 146 valence electrons. The maximum Gasteiger partial charge on any atom is 0.232 e. The van der Waals surface area contributed by atoms with E-state index < -0.39 is 10.0 Å². The molecule has 1 saturated carbocycles. The summed E-state index contributed by atoms with van der Waals surface area (Å²) in [6.07, 6.45) is 8.88. The summed E-state index contributed by atoms with van der Waals surface area (Å²) in [6, 6.07) is 5.49. The van der Waals surface area contributed by atoms with Crippen molar-refractivity contribution in [1.29, 1.82) is 0 Å². The second-order valence-electron chi connectivity index (χ2n) is 7.08. The largest absolute Gasteiger partial charge is 0.353 e. The Balaban J connectivity index is 1.93. The number of amides is 1. The summed E-state index contributed by atoms with van der Waals surface area (Å²) in [7, 11) is -3.44. The van der Waals surface area contributed by atoms with Crippen molar-refractivity contribution in [1.82, 2.24) is 5.32 Å². The third-order valence-electron chi connectivity index (χ3n) is 4.89. The van der Waals surface area contributed by atoms with Gasteiger partial charge in [0.25, 0.3) is 0 Å². The van der Waals surface area contributed by atoms with Crippen LogP contribution >= 0.6 is 11.6 Å². The van der Waals surface area contributed by atoms with Crippen LogP contribution in [0.3, 0.4) is 0 Å². The highest BCUT2D eigenvalue weighted by Crippen LogP contribution is 2.28. The van der Waals surface area contributed by atoms with Crippen molar-refractivity contribution in [2.75, 3.05) is 17.1 Å². The molecule has 1 N–H and O–H groups in total. The maximum absolute atomic E-state index is 12.2. The van der Waals surface area contributed by atoms with Gasteiger partial charge in [-0.1, -0.05) is 43.4 Å². The third-order valence-corrected chi connectivity index (χ3v) is 6.48. The van der Waals surface area contributed by atoms with E-state index in [1.807, 2.05) is 0 Å². The number of sulfonamides is 1. The summed E-state index contributed by atoms with van der Waals surface area (Å²) >= 11 is 6.13. The number of nitrogens with zero attached hydrogens (tertiary/aromatic N) is 1. The van der Waals surface area contributed by atoms with Gasteiger partial charge in [-0.3, -0.25) is 9.10 Å². The molecule has 0 aromatic heterocycles. The molecule has 0 spiro atoms. The first-order valence-electron chi connectivity index (χ1n) is 9.31. The molecule has 2 rings (SSSR count). The van der Waals surface area contributed by atoms with Crippen LogP contribution in [-0.4, -0.2) is 33.2 Å². The SMILES string of the molecule is Cc1c(Cl)cccc1N(CCCC(=O)NC1CCCCCC1)S(C)(=O)=O. The van der Waals surface area contributed by atoms with Gasteiger partial charge in [-0.2, -0.15) is 0 Å². The van der Waals surface area contributed by atoms with E-state index in [0.29, 0.717) is 23.6 Å². The molecule has 1 aromatic carbocycles. The smallest absolute Gasteiger partial charge is 0.232 e. The van der Waals surface area contributed by atoms with E-state index in [4.69, 9.17) is 11.6 Å². The second-order valence-corrected chi connectivity index (χ2v) is 9.39. The quantitative estimate of drug-likeness (QED) is 0.702. The standard InChI is InChI=1S/C19H29ClN2O3S/c1-15-17(20)11-7-12-18(15)22(26(2,24)25)14-8-13-19(23)21-16-9-5-3-4-6-10-16/h7,11-12,16H,3-6,8-10,13-14H2,1-2H3,(H,21,23). The van der Waals surface area contributed by atoms with Gasteiger partial charge in [0.15, 0.2) is 0 Å². The van der Waals surface area contributed by atoms with Crippen LogP contribution in [0.4, 0.5) is 5.69 Å². The van der Waals surface area contributed by atoms with E-state index in [1.54, 1.807) is 25.1 Å². The summed E-state index contributed by atoms with van der Waals surface area (Å²) < 4.78 is 25.8. The molecule has 5 nitrogen and oxygen atoms in total. The first-order valence-corrected chi connectivity index (χ1v) is 11.5. The van der Waals surface area contributed by atoms with E-state index in [1.165, 1.54) is 36.2 Å². The van der Waals surface area contributed by atoms with Gasteiger partial charge in [0.05, 0.1) is 11.9 Å². The zero-order valence-corrected chi connectivity index (χ0v) is 17.2. The first-order chi connectivity index (χ1) is 12.3. The fraction of sp³-hybridized carbons (Fsp3) is 0.632. The Hall–Kier alpha value is -1.27. The van der Waals surface area contributed by atoms with Crippen molar-refractivity contribution < 1.29 is 13.2 Å². The number of halogens is 1. The summed E-state index contributed by atoms with van der Waals surface area (Å²) in [5, 5.41) is 3.63. The normalized spacial score (nSPS) is 16.1. The maximum atomic E-state index is 12.2. The summed E-state index contributed by atoms with van der Waals surface area (Å²) in [5.41, 5.74) is 1.30. The topological polar surface area (TPSA) is 66.5 Å². The number of nitrogens with one attached hydrogen (secondary N) is 1. The van der Waals surface area contributed by atoms with Crippen LogP contribution in [0.1, 0.15) is 56.9 Å². The van der Waals surface area contributed by atoms with E-state index >= 15 is 0 Å². The minimum atomic E-state index is -3.44. The zero-order valence-electron chi connectivity index (χ0n) is 15.6. The molecule has 0 bridgehead atoms. The summed E-state index contributed by atoms with van der Waals surface area (Å²) in [6.45, 7) is 2.06. The van der Waals surface area contributed by atoms with Crippen LogP contribution in [0.5, 0.6) is 0 Å². The first kappa shape index (κ1) is 21.0. The molecule has 7 heteroatoms. The highest BCUT2D eigenvalue weighted by atomic mass is 35.5. The summed E-state index contributed by atoms with van der Waals surface area (Å²) in [5.74, 6) is 0.00756. The fourth-order valence-electron chi connectivity index (χ4n) is 3.44. The molecule has 0 saturated heterocycles. The Bertz CT molecular complexity index is 713. The molecular formula is C19H29ClN2O3S. The Labute approximate surface area is 162 Å². The Morgan fingerprint density at radius 1 is 1.23 bits per heavy atom. The number of benzene rings is 1. The Kier molecular flexibility index (Phi) is 7.77. The van der Waals surface area contributed by atoms with Crippen LogP contribution in [0, 0.1) is 6.92 Å². The molecule has 0 radical (unpaired) electrons. The van der Waals surface area contributed by atoms with Crippen molar-refractivity contribution in [3.05, 3.63) is 28.8 Å². The van der Waals surface area contributed by atoms with Crippen LogP contribution in [0.2, 0.25) is 5.02 Å². The van der Waals surface area contributed by atoms with Gasteiger partial charge < -0.3 is 5.32 Å². The van der Waals surface area contributed by atoms with Crippen molar-refractivity contribution in [3.8, 4) is 0 Å². The lowest BCUT2D eigenvalue weighted by Crippen LogP contribution is -2.36. The van der Waals surface area contributed by atoms with Gasteiger partial charge in [-0.15, -0.1) is 0 Å². The van der Waals surface area contributed by atoms with E-state index in [9.17, 15) is 13.2 Å². The predicted molar refractivity (Wildman–Crippen MR) is 107 cm³/mol. The van der Waals surface area contributed by atoms with Crippen LogP contribution in [0.25, 0.3) is 0 Å². The molecule has 1 fully saturated rings. The molecule has 1 aliphatic rings. The average Bonchev–Trinajstić information content (AvgIpc) is 2.82. The third kappa shape index (κ3) is 6.16. The molecule has 0 aliphatic heterocycles. The lowest BCUT2D eigenvalue weighted by Gasteiger charge is -2.24. The molecule has 0 unspecified atom stereocenters. The number of hydrogen-bond acceptors (Lipinski definition) is 3. The molecule has 1 aromatic rings. The van der Waals surface area contributed by atoms with Crippen LogP contribution in [-0.2, 0) is 14.8 Å². The van der Waals surface area contributed by atoms with Crippen LogP contribution in [0.15, 0.2) is 18.2 Å². The van der Waals surface area contributed by atoms with Gasteiger partial charge in [0.1, 0.15) is 0 Å². The van der Waals surface area contributed by atoms with E-state index in [2.05, 4.69) is 5.32 Å². The molecule has 0 atom stereocenters. The molecular weight excluding hydrogens is 372 g/mol. The van der Waals surface area contributed by atoms with Crippen LogP contribution < -0.4 is 9.62 Å². The van der Waals surface area contributed by atoms with Gasteiger partial charge in [-0.25, -0.2) is 8.42 Å². The monoisotopic (exact) mass is 400 g/mol. The van der Waals surface area contributed by atoms with Crippen molar-refractivity contribution >= 4 is 33.2 Å². The molecule has 1 amide bonds. The van der Waals surface area contributed by atoms with Gasteiger partial charge in [0, 0.05) is 24.0 Å². The van der Waals surface area contributed by atoms with Gasteiger partial charge >= 0.3 is 0 Å². The van der Waals surface area contributed by atoms with Crippen molar-refractivity contribution in [2.24, 2.45) is 0 Å². The Morgan fingerprint density at radius 3 is 2.50 bits per heavy atom. The van der Waals surface area contributed by atoms with Gasteiger partial charge in [-0.05, 0) is 43.9 Å². The minimum absolute atomic E-state index is 0.00756. The van der Waals surface area contributed by atoms with Crippen molar-refractivity contribution in [2.45, 2.75) is 64.3 Å². The fourth-order valence-corrected chi connectivity index (χ4v) is 4.62. The highest BCUT2D eigenvalue weighted by Gasteiger charge is 2.21. The predicted octanol–water partition coefficient (Wildman–Crippen LogP) is 4.03. The lowest BCUT2D eigenvalue weighted by molar-refractivity contribution is -0.121. The van der Waals surface area contributed by atoms with Gasteiger partial charge in [0.2, 0.25) is 15.9 Å². The zero-order chi connectivity index (χ0) is 19.2. The number of hydrogen-bond donors (Lipinski definition) is 1. The number of carbonyl (C=O) groups is 1. The van der Waals surface area contributed by atoms with E-state index in [0.717, 1.165) is 18.4 Å². The second kappa shape index (κ2) is 9.60. The summed E-state index contributed by atoms with van der Waals surface area (Å²) in [4.78, 5) is 12.2. The molecule has 0 heterocycles. The highest BCUT2D eigenvalue weighted by molar-refractivity contribution is 7.92. The van der Waals surface area contributed by atoms with Crippen molar-refractivity contribution in [3.63, 3.8) is 0 Å². The minimum Gasteiger partial charge on any atom is -0.353 e. The number of rotatable bonds is 7.